The first-order valence-corrected chi connectivity index (χ1v) is 8.21. The maximum Gasteiger partial charge on any atom is 0.249 e. The molecule has 2 aromatic heterocycles. The van der Waals surface area contributed by atoms with Gasteiger partial charge in [0.05, 0.1) is 22.9 Å². The van der Waals surface area contributed by atoms with E-state index in [0.29, 0.717) is 35.7 Å². The topological polar surface area (TPSA) is 78.9 Å². The van der Waals surface area contributed by atoms with Crippen molar-refractivity contribution in [2.75, 3.05) is 13.7 Å². The Bertz CT molecular complexity index is 776. The third-order valence-electron chi connectivity index (χ3n) is 3.01. The van der Waals surface area contributed by atoms with E-state index in [1.54, 1.807) is 19.5 Å². The molecule has 2 heterocycles. The van der Waals surface area contributed by atoms with Crippen LogP contribution in [0.3, 0.4) is 0 Å². The van der Waals surface area contributed by atoms with Gasteiger partial charge in [0.25, 0.3) is 0 Å². The largest absolute Gasteiger partial charge is 0.420 e. The Morgan fingerprint density at radius 1 is 1.26 bits per heavy atom. The van der Waals surface area contributed by atoms with Crippen molar-refractivity contribution in [2.45, 2.75) is 17.5 Å². The molecule has 1 aromatic carbocycles. The van der Waals surface area contributed by atoms with Gasteiger partial charge in [-0.05, 0) is 12.1 Å². The Morgan fingerprint density at radius 2 is 2.13 bits per heavy atom. The fourth-order valence-electron chi connectivity index (χ4n) is 1.88. The van der Waals surface area contributed by atoms with Gasteiger partial charge >= 0.3 is 0 Å². The lowest BCUT2D eigenvalue weighted by molar-refractivity contribution is 0.184. The van der Waals surface area contributed by atoms with E-state index in [2.05, 4.69) is 20.4 Å². The Balaban J connectivity index is 1.66. The molecule has 0 radical (unpaired) electrons. The van der Waals surface area contributed by atoms with E-state index < -0.39 is 0 Å². The molecule has 0 bridgehead atoms. The van der Waals surface area contributed by atoms with Crippen LogP contribution in [-0.2, 0) is 17.0 Å². The molecule has 120 valence electrons. The summed E-state index contributed by atoms with van der Waals surface area (Å²) >= 11 is 7.60. The van der Waals surface area contributed by atoms with Gasteiger partial charge in [0.2, 0.25) is 11.8 Å². The van der Waals surface area contributed by atoms with Gasteiger partial charge in [-0.15, -0.1) is 20.4 Å². The summed E-state index contributed by atoms with van der Waals surface area (Å²) in [6.45, 7) is 1.29. The van der Waals surface area contributed by atoms with Gasteiger partial charge in [-0.2, -0.15) is 0 Å². The smallest absolute Gasteiger partial charge is 0.249 e. The van der Waals surface area contributed by atoms with Gasteiger partial charge in [-0.1, -0.05) is 35.5 Å². The molecule has 7 nitrogen and oxygen atoms in total. The van der Waals surface area contributed by atoms with Crippen LogP contribution >= 0.6 is 23.4 Å². The predicted molar refractivity (Wildman–Crippen MR) is 86.2 cm³/mol. The molecule has 0 aliphatic rings. The number of hydrogen-bond acceptors (Lipinski definition) is 7. The molecule has 0 aliphatic carbocycles. The van der Waals surface area contributed by atoms with E-state index in [4.69, 9.17) is 20.8 Å². The minimum absolute atomic E-state index is 0.409. The lowest BCUT2D eigenvalue weighted by atomic mass is 10.2. The van der Waals surface area contributed by atoms with Crippen molar-refractivity contribution >= 4 is 23.4 Å². The zero-order valence-corrected chi connectivity index (χ0v) is 13.9. The average Bonchev–Trinajstić information content (AvgIpc) is 3.20. The minimum Gasteiger partial charge on any atom is -0.420 e. The summed E-state index contributed by atoms with van der Waals surface area (Å²) < 4.78 is 12.6. The number of rotatable bonds is 7. The second-order valence-corrected chi connectivity index (χ2v) is 5.92. The third kappa shape index (κ3) is 3.90. The highest BCUT2D eigenvalue weighted by atomic mass is 35.5. The molecule has 3 aromatic rings. The maximum absolute atomic E-state index is 6.13. The van der Waals surface area contributed by atoms with E-state index >= 15 is 0 Å². The van der Waals surface area contributed by atoms with Crippen LogP contribution in [0.4, 0.5) is 0 Å². The van der Waals surface area contributed by atoms with E-state index in [1.807, 2.05) is 22.8 Å². The summed E-state index contributed by atoms with van der Waals surface area (Å²) in [6.07, 6.45) is 1.67. The molecule has 9 heteroatoms. The van der Waals surface area contributed by atoms with Crippen molar-refractivity contribution in [1.29, 1.82) is 0 Å². The van der Waals surface area contributed by atoms with Crippen molar-refractivity contribution in [3.05, 3.63) is 41.5 Å². The standard InChI is InChI=1S/C14H14ClN5O2S/c1-21-7-6-20-9-16-19-14(20)23-8-12-17-18-13(22-12)10-4-2-3-5-11(10)15/h2-5,9H,6-8H2,1H3. The van der Waals surface area contributed by atoms with Crippen LogP contribution in [0.5, 0.6) is 0 Å². The van der Waals surface area contributed by atoms with Gasteiger partial charge in [-0.3, -0.25) is 0 Å². The zero-order valence-electron chi connectivity index (χ0n) is 12.3. The van der Waals surface area contributed by atoms with E-state index in [9.17, 15) is 0 Å². The molecule has 23 heavy (non-hydrogen) atoms. The Labute approximate surface area is 142 Å². The van der Waals surface area contributed by atoms with E-state index in [-0.39, 0.29) is 0 Å². The van der Waals surface area contributed by atoms with Crippen LogP contribution in [0, 0.1) is 0 Å². The second kappa shape index (κ2) is 7.58. The highest BCUT2D eigenvalue weighted by Crippen LogP contribution is 2.27. The minimum atomic E-state index is 0.409. The lowest BCUT2D eigenvalue weighted by Gasteiger charge is -2.03. The molecule has 0 fully saturated rings. The number of halogens is 1. The first-order chi connectivity index (χ1) is 11.3. The number of ether oxygens (including phenoxy) is 1. The van der Waals surface area contributed by atoms with Crippen LogP contribution in [0.1, 0.15) is 5.89 Å². The number of nitrogens with zero attached hydrogens (tertiary/aromatic N) is 5. The summed E-state index contributed by atoms with van der Waals surface area (Å²) in [7, 11) is 1.66. The van der Waals surface area contributed by atoms with Gasteiger partial charge in [0.1, 0.15) is 6.33 Å². The first kappa shape index (κ1) is 16.0. The molecular weight excluding hydrogens is 338 g/mol. The SMILES string of the molecule is COCCn1cnnc1SCc1nnc(-c2ccccc2Cl)o1. The molecule has 0 unspecified atom stereocenters. The van der Waals surface area contributed by atoms with E-state index in [0.717, 1.165) is 10.7 Å². The fraction of sp³-hybridized carbons (Fsp3) is 0.286. The number of methoxy groups -OCH3 is 1. The number of hydrogen-bond donors (Lipinski definition) is 0. The first-order valence-electron chi connectivity index (χ1n) is 6.84. The van der Waals surface area contributed by atoms with Crippen LogP contribution in [0.25, 0.3) is 11.5 Å². The van der Waals surface area contributed by atoms with E-state index in [1.165, 1.54) is 11.8 Å². The Hall–Kier alpha value is -1.90. The number of aromatic nitrogens is 5. The summed E-state index contributed by atoms with van der Waals surface area (Å²) in [4.78, 5) is 0. The molecule has 3 rings (SSSR count). The fourth-order valence-corrected chi connectivity index (χ4v) is 2.88. The molecule has 0 amide bonds. The lowest BCUT2D eigenvalue weighted by Crippen LogP contribution is -2.04. The molecule has 0 atom stereocenters. The predicted octanol–water partition coefficient (Wildman–Crippen LogP) is 2.92. The maximum atomic E-state index is 6.13. The van der Waals surface area contributed by atoms with Gasteiger partial charge in [-0.25, -0.2) is 0 Å². The highest BCUT2D eigenvalue weighted by Gasteiger charge is 2.13. The quantitative estimate of drug-likeness (QED) is 0.605. The van der Waals surface area contributed by atoms with Crippen molar-refractivity contribution in [2.24, 2.45) is 0 Å². The van der Waals surface area contributed by atoms with Crippen LogP contribution in [-0.4, -0.2) is 38.7 Å². The summed E-state index contributed by atoms with van der Waals surface area (Å²) in [5.41, 5.74) is 0.723. The van der Waals surface area contributed by atoms with Crippen molar-refractivity contribution in [1.82, 2.24) is 25.0 Å². The van der Waals surface area contributed by atoms with Crippen molar-refractivity contribution < 1.29 is 9.15 Å². The van der Waals surface area contributed by atoms with Crippen LogP contribution in [0.15, 0.2) is 40.2 Å². The van der Waals surface area contributed by atoms with Crippen LogP contribution < -0.4 is 0 Å². The molecule has 0 saturated carbocycles. The number of thioether (sulfide) groups is 1. The zero-order chi connectivity index (χ0) is 16.1. The Kier molecular flexibility index (Phi) is 5.27. The average molecular weight is 352 g/mol. The molecule has 0 spiro atoms. The van der Waals surface area contributed by atoms with Crippen molar-refractivity contribution in [3.63, 3.8) is 0 Å². The third-order valence-corrected chi connectivity index (χ3v) is 4.31. The second-order valence-electron chi connectivity index (χ2n) is 4.57. The molecule has 0 aliphatic heterocycles. The van der Waals surface area contributed by atoms with Gasteiger partial charge < -0.3 is 13.7 Å². The van der Waals surface area contributed by atoms with Crippen LogP contribution in [0.2, 0.25) is 5.02 Å². The van der Waals surface area contributed by atoms with Gasteiger partial charge in [0.15, 0.2) is 5.16 Å². The number of benzene rings is 1. The summed E-state index contributed by atoms with van der Waals surface area (Å²) in [5.74, 6) is 1.42. The highest BCUT2D eigenvalue weighted by molar-refractivity contribution is 7.98. The monoisotopic (exact) mass is 351 g/mol. The normalized spacial score (nSPS) is 11.0. The molecule has 0 saturated heterocycles. The summed E-state index contributed by atoms with van der Waals surface area (Å²) in [6, 6.07) is 7.35. The molecule has 0 N–H and O–H groups in total. The summed E-state index contributed by atoms with van der Waals surface area (Å²) in [5, 5.41) is 17.4. The Morgan fingerprint density at radius 3 is 2.96 bits per heavy atom. The molecular formula is C14H14ClN5O2S. The van der Waals surface area contributed by atoms with Crippen molar-refractivity contribution in [3.8, 4) is 11.5 Å². The van der Waals surface area contributed by atoms with Gasteiger partial charge in [0, 0.05) is 13.7 Å².